The first kappa shape index (κ1) is 25.3. The van der Waals surface area contributed by atoms with E-state index in [2.05, 4.69) is 17.2 Å². The molecule has 0 fully saturated rings. The minimum Gasteiger partial charge on any atom is -0.459 e. The van der Waals surface area contributed by atoms with Gasteiger partial charge >= 0.3 is 5.97 Å². The van der Waals surface area contributed by atoms with Gasteiger partial charge in [-0.05, 0) is 12.0 Å². The third-order valence-electron chi connectivity index (χ3n) is 4.07. The number of allylic oxidation sites excluding steroid dienone is 1. The van der Waals surface area contributed by atoms with Gasteiger partial charge in [0.05, 0.1) is 32.3 Å². The molecule has 1 aromatic carbocycles. The summed E-state index contributed by atoms with van der Waals surface area (Å²) in [5.41, 5.74) is 0.776. The van der Waals surface area contributed by atoms with Crippen molar-refractivity contribution in [3.05, 3.63) is 48.6 Å². The summed E-state index contributed by atoms with van der Waals surface area (Å²) in [6.07, 6.45) is 1.61. The van der Waals surface area contributed by atoms with Crippen molar-refractivity contribution in [3.63, 3.8) is 0 Å². The summed E-state index contributed by atoms with van der Waals surface area (Å²) in [6.45, 7) is 3.54. The highest BCUT2D eigenvalue weighted by molar-refractivity contribution is 5.89. The van der Waals surface area contributed by atoms with E-state index >= 15 is 0 Å². The van der Waals surface area contributed by atoms with Crippen molar-refractivity contribution in [2.24, 2.45) is 5.92 Å². The van der Waals surface area contributed by atoms with Gasteiger partial charge in [-0.1, -0.05) is 36.4 Å². The molecule has 0 bridgehead atoms. The largest absolute Gasteiger partial charge is 0.459 e. The van der Waals surface area contributed by atoms with E-state index in [9.17, 15) is 19.5 Å². The number of aliphatic hydroxyl groups is 2. The van der Waals surface area contributed by atoms with Crippen LogP contribution in [-0.4, -0.2) is 67.0 Å². The number of hydrogen-bond donors (Lipinski definition) is 4. The Morgan fingerprint density at radius 2 is 1.87 bits per heavy atom. The topological polar surface area (TPSA) is 134 Å². The van der Waals surface area contributed by atoms with E-state index in [0.29, 0.717) is 0 Å². The molecule has 0 saturated heterocycles. The first-order chi connectivity index (χ1) is 14.5. The quantitative estimate of drug-likeness (QED) is 0.176. The van der Waals surface area contributed by atoms with Crippen molar-refractivity contribution in [2.75, 3.05) is 33.0 Å². The molecule has 1 rings (SSSR count). The van der Waals surface area contributed by atoms with Crippen molar-refractivity contribution in [3.8, 4) is 0 Å². The number of carbonyl (C=O) groups is 3. The number of aliphatic hydroxyl groups excluding tert-OH is 2. The predicted octanol–water partition coefficient (Wildman–Crippen LogP) is -0.0856. The van der Waals surface area contributed by atoms with Gasteiger partial charge in [-0.25, -0.2) is 4.79 Å². The molecule has 0 heterocycles. The number of nitrogens with one attached hydrogen (secondary N) is 2. The summed E-state index contributed by atoms with van der Waals surface area (Å²) in [4.78, 5) is 36.7. The third-order valence-corrected chi connectivity index (χ3v) is 4.07. The molecule has 9 heteroatoms. The third kappa shape index (κ3) is 10.1. The zero-order chi connectivity index (χ0) is 22.2. The Bertz CT molecular complexity index is 667. The Morgan fingerprint density at radius 1 is 1.13 bits per heavy atom. The molecule has 30 heavy (non-hydrogen) atoms. The van der Waals surface area contributed by atoms with Crippen molar-refractivity contribution >= 4 is 17.8 Å². The van der Waals surface area contributed by atoms with Crippen molar-refractivity contribution < 1.29 is 34.1 Å². The van der Waals surface area contributed by atoms with Crippen LogP contribution in [-0.2, 0) is 30.5 Å². The van der Waals surface area contributed by atoms with Crippen LogP contribution in [0, 0.1) is 5.92 Å². The van der Waals surface area contributed by atoms with Crippen molar-refractivity contribution in [1.29, 1.82) is 0 Å². The highest BCUT2D eigenvalue weighted by atomic mass is 16.5. The average Bonchev–Trinajstić information content (AvgIpc) is 2.75. The average molecular weight is 422 g/mol. The van der Waals surface area contributed by atoms with E-state index in [1.807, 2.05) is 6.07 Å². The van der Waals surface area contributed by atoms with E-state index in [-0.39, 0.29) is 51.7 Å². The molecule has 0 saturated carbocycles. The summed E-state index contributed by atoms with van der Waals surface area (Å²) in [6, 6.07) is 7.78. The highest BCUT2D eigenvalue weighted by Gasteiger charge is 2.27. The molecule has 166 valence electrons. The molecule has 0 aliphatic carbocycles. The molecular formula is C21H30N2O7. The normalized spacial score (nSPS) is 12.5. The standard InChI is InChI=1S/C21H30N2O7/c1-2-6-17(13-19(26)22-9-11-29-12-10-24)20(27)23-18(14-25)21(28)30-15-16-7-4-3-5-8-16/h2-5,7-8,17-18,24-25H,1,6,9-15H2,(H,22,26)(H,23,27)/t17-,18-/m1/s1. The summed E-state index contributed by atoms with van der Waals surface area (Å²) in [5.74, 6) is -2.44. The van der Waals surface area contributed by atoms with Gasteiger partial charge in [0.25, 0.3) is 0 Å². The van der Waals surface area contributed by atoms with Crippen LogP contribution in [0.5, 0.6) is 0 Å². The fraction of sp³-hybridized carbons (Fsp3) is 0.476. The van der Waals surface area contributed by atoms with Gasteiger partial charge in [0.2, 0.25) is 11.8 Å². The maximum atomic E-state index is 12.5. The maximum absolute atomic E-state index is 12.5. The van der Waals surface area contributed by atoms with Gasteiger partial charge < -0.3 is 30.3 Å². The molecule has 2 atom stereocenters. The lowest BCUT2D eigenvalue weighted by molar-refractivity contribution is -0.150. The molecule has 4 N–H and O–H groups in total. The van der Waals surface area contributed by atoms with Crippen LogP contribution >= 0.6 is 0 Å². The number of amides is 2. The summed E-state index contributed by atoms with van der Waals surface area (Å²) < 4.78 is 10.2. The molecule has 0 aliphatic heterocycles. The van der Waals surface area contributed by atoms with E-state index in [4.69, 9.17) is 14.6 Å². The van der Waals surface area contributed by atoms with E-state index in [1.165, 1.54) is 6.08 Å². The zero-order valence-electron chi connectivity index (χ0n) is 16.9. The summed E-state index contributed by atoms with van der Waals surface area (Å²) in [7, 11) is 0. The van der Waals surface area contributed by atoms with Gasteiger partial charge in [0.15, 0.2) is 6.04 Å². The number of hydrogen-bond acceptors (Lipinski definition) is 7. The van der Waals surface area contributed by atoms with Crippen molar-refractivity contribution in [1.82, 2.24) is 10.6 Å². The van der Waals surface area contributed by atoms with Gasteiger partial charge in [-0.3, -0.25) is 9.59 Å². The van der Waals surface area contributed by atoms with Gasteiger partial charge in [-0.15, -0.1) is 6.58 Å². The highest BCUT2D eigenvalue weighted by Crippen LogP contribution is 2.11. The molecule has 0 spiro atoms. The van der Waals surface area contributed by atoms with Gasteiger partial charge in [0, 0.05) is 13.0 Å². The fourth-order valence-electron chi connectivity index (χ4n) is 2.51. The second-order valence-electron chi connectivity index (χ2n) is 6.45. The Labute approximate surface area is 176 Å². The summed E-state index contributed by atoms with van der Waals surface area (Å²) in [5, 5.41) is 23.1. The maximum Gasteiger partial charge on any atom is 0.331 e. The lowest BCUT2D eigenvalue weighted by atomic mass is 9.99. The van der Waals surface area contributed by atoms with Crippen molar-refractivity contribution in [2.45, 2.75) is 25.5 Å². The van der Waals surface area contributed by atoms with Crippen LogP contribution in [0.4, 0.5) is 0 Å². The number of carbonyl (C=O) groups excluding carboxylic acids is 3. The van der Waals surface area contributed by atoms with E-state index < -0.39 is 30.4 Å². The Balaban J connectivity index is 2.52. The SMILES string of the molecule is C=CC[C@H](CC(=O)NCCOCCO)C(=O)N[C@H](CO)C(=O)OCc1ccccc1. The summed E-state index contributed by atoms with van der Waals surface area (Å²) >= 11 is 0. The molecule has 0 aromatic heterocycles. The van der Waals surface area contributed by atoms with Crippen LogP contribution in [0.3, 0.4) is 0 Å². The number of benzene rings is 1. The van der Waals surface area contributed by atoms with Crippen LogP contribution in [0.25, 0.3) is 0 Å². The van der Waals surface area contributed by atoms with Crippen LogP contribution in [0.1, 0.15) is 18.4 Å². The number of ether oxygens (including phenoxy) is 2. The van der Waals surface area contributed by atoms with Gasteiger partial charge in [-0.2, -0.15) is 0 Å². The lowest BCUT2D eigenvalue weighted by Crippen LogP contribution is -2.47. The number of rotatable bonds is 15. The van der Waals surface area contributed by atoms with Crippen LogP contribution < -0.4 is 10.6 Å². The smallest absolute Gasteiger partial charge is 0.331 e. The molecule has 2 amide bonds. The Hall–Kier alpha value is -2.75. The molecule has 0 radical (unpaired) electrons. The Morgan fingerprint density at radius 3 is 2.50 bits per heavy atom. The molecule has 0 aliphatic rings. The van der Waals surface area contributed by atoms with Gasteiger partial charge in [0.1, 0.15) is 6.61 Å². The first-order valence-electron chi connectivity index (χ1n) is 9.69. The molecule has 1 aromatic rings. The van der Waals surface area contributed by atoms with E-state index in [0.717, 1.165) is 5.56 Å². The van der Waals surface area contributed by atoms with E-state index in [1.54, 1.807) is 24.3 Å². The Kier molecular flexibility index (Phi) is 12.8. The second-order valence-corrected chi connectivity index (χ2v) is 6.45. The second kappa shape index (κ2) is 15.1. The number of esters is 1. The minimum atomic E-state index is -1.23. The first-order valence-corrected chi connectivity index (χ1v) is 9.69. The minimum absolute atomic E-state index is 0.0168. The van der Waals surface area contributed by atoms with Crippen LogP contribution in [0.15, 0.2) is 43.0 Å². The molecular weight excluding hydrogens is 392 g/mol. The molecule has 0 unspecified atom stereocenters. The van der Waals surface area contributed by atoms with Crippen LogP contribution in [0.2, 0.25) is 0 Å². The monoisotopic (exact) mass is 422 g/mol. The zero-order valence-corrected chi connectivity index (χ0v) is 16.9. The fourth-order valence-corrected chi connectivity index (χ4v) is 2.51. The molecule has 9 nitrogen and oxygen atoms in total. The lowest BCUT2D eigenvalue weighted by Gasteiger charge is -2.20. The predicted molar refractivity (Wildman–Crippen MR) is 109 cm³/mol.